The Morgan fingerprint density at radius 2 is 2.00 bits per heavy atom. The maximum atomic E-state index is 11.5. The minimum Gasteiger partial charge on any atom is -0.481 e. The molecule has 0 saturated carbocycles. The van der Waals surface area contributed by atoms with Crippen molar-refractivity contribution in [3.63, 3.8) is 0 Å². The number of carboxylic acids is 1. The fourth-order valence-corrected chi connectivity index (χ4v) is 2.23. The second-order valence-electron chi connectivity index (χ2n) is 4.33. The molecule has 0 aliphatic heterocycles. The van der Waals surface area contributed by atoms with Crippen molar-refractivity contribution in [1.29, 1.82) is 0 Å². The van der Waals surface area contributed by atoms with Gasteiger partial charge in [-0.15, -0.1) is 11.8 Å². The summed E-state index contributed by atoms with van der Waals surface area (Å²) in [6.07, 6.45) is 1.27. The lowest BCUT2D eigenvalue weighted by Gasteiger charge is -2.07. The fraction of sp³-hybridized carbons (Fsp3) is 0.429. The zero-order chi connectivity index (χ0) is 14.1. The van der Waals surface area contributed by atoms with Crippen molar-refractivity contribution in [1.82, 2.24) is 5.32 Å². The van der Waals surface area contributed by atoms with Crippen LogP contribution in [-0.2, 0) is 9.59 Å². The van der Waals surface area contributed by atoms with Gasteiger partial charge in [0.05, 0.1) is 11.7 Å². The predicted molar refractivity (Wildman–Crippen MR) is 76.2 cm³/mol. The van der Waals surface area contributed by atoms with Gasteiger partial charge in [-0.25, -0.2) is 0 Å². The zero-order valence-electron chi connectivity index (χ0n) is 11.0. The lowest BCUT2D eigenvalue weighted by Crippen LogP contribution is -2.26. The molecule has 1 rings (SSSR count). The Labute approximate surface area is 117 Å². The summed E-state index contributed by atoms with van der Waals surface area (Å²) in [7, 11) is 0. The molecule has 0 aliphatic rings. The maximum Gasteiger partial charge on any atom is 0.306 e. The van der Waals surface area contributed by atoms with E-state index in [-0.39, 0.29) is 11.8 Å². The van der Waals surface area contributed by atoms with Crippen molar-refractivity contribution < 1.29 is 14.7 Å². The van der Waals surface area contributed by atoms with Gasteiger partial charge in [0.1, 0.15) is 0 Å². The molecule has 1 atom stereocenters. The van der Waals surface area contributed by atoms with Gasteiger partial charge in [-0.05, 0) is 25.0 Å². The summed E-state index contributed by atoms with van der Waals surface area (Å²) in [5, 5.41) is 11.5. The first-order valence-corrected chi connectivity index (χ1v) is 7.25. The summed E-state index contributed by atoms with van der Waals surface area (Å²) in [4.78, 5) is 23.2. The maximum absolute atomic E-state index is 11.5. The average Bonchev–Trinajstić information content (AvgIpc) is 2.42. The highest BCUT2D eigenvalue weighted by Gasteiger charge is 2.10. The van der Waals surface area contributed by atoms with Gasteiger partial charge in [-0.1, -0.05) is 25.1 Å². The Morgan fingerprint density at radius 3 is 2.63 bits per heavy atom. The first-order valence-electron chi connectivity index (χ1n) is 6.27. The van der Waals surface area contributed by atoms with E-state index >= 15 is 0 Å². The minimum atomic E-state index is -0.786. The van der Waals surface area contributed by atoms with Crippen molar-refractivity contribution in [2.75, 3.05) is 12.3 Å². The number of nitrogens with one attached hydrogen (secondary N) is 1. The largest absolute Gasteiger partial charge is 0.481 e. The second-order valence-corrected chi connectivity index (χ2v) is 5.38. The number of carbonyl (C=O) groups excluding carboxylic acids is 1. The molecule has 0 saturated heterocycles. The van der Waals surface area contributed by atoms with Crippen molar-refractivity contribution in [2.45, 2.75) is 24.7 Å². The lowest BCUT2D eigenvalue weighted by atomic mass is 10.1. The lowest BCUT2D eigenvalue weighted by molar-refractivity contribution is -0.141. The number of carboxylic acid groups (broad SMARTS) is 1. The van der Waals surface area contributed by atoms with E-state index in [0.29, 0.717) is 25.1 Å². The number of hydrogen-bond donors (Lipinski definition) is 2. The van der Waals surface area contributed by atoms with E-state index in [1.807, 2.05) is 30.3 Å². The Hall–Kier alpha value is -1.49. The van der Waals surface area contributed by atoms with Crippen molar-refractivity contribution >= 4 is 23.6 Å². The minimum absolute atomic E-state index is 0.0168. The van der Waals surface area contributed by atoms with Gasteiger partial charge < -0.3 is 10.4 Å². The zero-order valence-corrected chi connectivity index (χ0v) is 11.8. The molecular weight excluding hydrogens is 262 g/mol. The first kappa shape index (κ1) is 15.6. The van der Waals surface area contributed by atoms with Gasteiger partial charge in [0.2, 0.25) is 5.91 Å². The molecular formula is C14H19NO3S. The van der Waals surface area contributed by atoms with Crippen LogP contribution in [0.25, 0.3) is 0 Å². The van der Waals surface area contributed by atoms with Crippen LogP contribution in [0.5, 0.6) is 0 Å². The predicted octanol–water partition coefficient (Wildman–Crippen LogP) is 2.40. The smallest absolute Gasteiger partial charge is 0.306 e. The molecule has 0 fully saturated rings. The van der Waals surface area contributed by atoms with Crippen molar-refractivity contribution in [3.8, 4) is 0 Å². The Bertz CT molecular complexity index is 408. The summed E-state index contributed by atoms with van der Waals surface area (Å²) in [5.74, 6) is -0.767. The monoisotopic (exact) mass is 281 g/mol. The summed E-state index contributed by atoms with van der Waals surface area (Å²) >= 11 is 1.49. The number of aliphatic carboxylic acids is 1. The summed E-state index contributed by atoms with van der Waals surface area (Å²) in [5.41, 5.74) is 0. The van der Waals surface area contributed by atoms with E-state index in [2.05, 4.69) is 5.32 Å². The molecule has 0 radical (unpaired) electrons. The molecule has 2 N–H and O–H groups in total. The SMILES string of the molecule is CC(CCCNC(=O)CSc1ccccc1)C(=O)O. The topological polar surface area (TPSA) is 66.4 Å². The molecule has 1 unspecified atom stereocenters. The van der Waals surface area contributed by atoms with E-state index in [4.69, 9.17) is 5.11 Å². The van der Waals surface area contributed by atoms with E-state index in [1.54, 1.807) is 6.92 Å². The van der Waals surface area contributed by atoms with Gasteiger partial charge >= 0.3 is 5.97 Å². The Kier molecular flexibility index (Phi) is 7.03. The average molecular weight is 281 g/mol. The Morgan fingerprint density at radius 1 is 1.32 bits per heavy atom. The van der Waals surface area contributed by atoms with Crippen LogP contribution in [0, 0.1) is 5.92 Å². The van der Waals surface area contributed by atoms with Gasteiger partial charge in [0.25, 0.3) is 0 Å². The third-order valence-electron chi connectivity index (χ3n) is 2.67. The second kappa shape index (κ2) is 8.58. The summed E-state index contributed by atoms with van der Waals surface area (Å²) < 4.78 is 0. The van der Waals surface area contributed by atoms with Crippen LogP contribution in [0.15, 0.2) is 35.2 Å². The fourth-order valence-electron chi connectivity index (χ4n) is 1.48. The van der Waals surface area contributed by atoms with E-state index in [0.717, 1.165) is 4.90 Å². The van der Waals surface area contributed by atoms with E-state index in [1.165, 1.54) is 11.8 Å². The molecule has 0 heterocycles. The molecule has 4 nitrogen and oxygen atoms in total. The van der Waals surface area contributed by atoms with Crippen molar-refractivity contribution in [3.05, 3.63) is 30.3 Å². The molecule has 1 aromatic carbocycles. The molecule has 1 aromatic rings. The van der Waals surface area contributed by atoms with Gasteiger partial charge in [-0.3, -0.25) is 9.59 Å². The van der Waals surface area contributed by atoms with Crippen LogP contribution in [0.2, 0.25) is 0 Å². The quantitative estimate of drug-likeness (QED) is 0.567. The third-order valence-corrected chi connectivity index (χ3v) is 3.68. The van der Waals surface area contributed by atoms with Crippen LogP contribution in [0.1, 0.15) is 19.8 Å². The number of rotatable bonds is 8. The van der Waals surface area contributed by atoms with Crippen LogP contribution < -0.4 is 5.32 Å². The van der Waals surface area contributed by atoms with Gasteiger partial charge in [0, 0.05) is 11.4 Å². The standard InChI is InChI=1S/C14H19NO3S/c1-11(14(17)18)6-5-9-15-13(16)10-19-12-7-3-2-4-8-12/h2-4,7-8,11H,5-6,9-10H2,1H3,(H,15,16)(H,17,18). The van der Waals surface area contributed by atoms with Crippen LogP contribution in [-0.4, -0.2) is 29.3 Å². The molecule has 1 amide bonds. The molecule has 0 bridgehead atoms. The van der Waals surface area contributed by atoms with Crippen molar-refractivity contribution in [2.24, 2.45) is 5.92 Å². The highest BCUT2D eigenvalue weighted by atomic mass is 32.2. The van der Waals surface area contributed by atoms with Crippen LogP contribution in [0.4, 0.5) is 0 Å². The molecule has 19 heavy (non-hydrogen) atoms. The number of benzene rings is 1. The number of amides is 1. The van der Waals surface area contributed by atoms with Gasteiger partial charge in [0.15, 0.2) is 0 Å². The molecule has 0 aliphatic carbocycles. The molecule has 104 valence electrons. The van der Waals surface area contributed by atoms with Gasteiger partial charge in [-0.2, -0.15) is 0 Å². The summed E-state index contributed by atoms with van der Waals surface area (Å²) in [6.45, 7) is 2.21. The highest BCUT2D eigenvalue weighted by molar-refractivity contribution is 8.00. The Balaban J connectivity index is 2.10. The summed E-state index contributed by atoms with van der Waals surface area (Å²) in [6, 6.07) is 9.74. The normalized spacial score (nSPS) is 11.8. The van der Waals surface area contributed by atoms with Crippen LogP contribution >= 0.6 is 11.8 Å². The molecule has 0 spiro atoms. The van der Waals surface area contributed by atoms with E-state index in [9.17, 15) is 9.59 Å². The first-order chi connectivity index (χ1) is 9.09. The highest BCUT2D eigenvalue weighted by Crippen LogP contribution is 2.16. The van der Waals surface area contributed by atoms with E-state index < -0.39 is 5.97 Å². The molecule has 5 heteroatoms. The number of thioether (sulfide) groups is 1. The third kappa shape index (κ3) is 6.86. The number of hydrogen-bond acceptors (Lipinski definition) is 3. The molecule has 0 aromatic heterocycles. The van der Waals surface area contributed by atoms with Crippen LogP contribution in [0.3, 0.4) is 0 Å². The number of carbonyl (C=O) groups is 2.